The smallest absolute Gasteiger partial charge is 0.333 e. The Morgan fingerprint density at radius 2 is 1.91 bits per heavy atom. The Bertz CT molecular complexity index is 1670. The van der Waals surface area contributed by atoms with Crippen LogP contribution in [0.5, 0.6) is 0 Å². The molecule has 0 saturated heterocycles. The van der Waals surface area contributed by atoms with Crippen molar-refractivity contribution in [1.29, 1.82) is 0 Å². The number of fused-ring (bicyclic) bond motifs is 2. The van der Waals surface area contributed by atoms with Gasteiger partial charge in [-0.15, -0.1) is 0 Å². The Morgan fingerprint density at radius 1 is 1.06 bits per heavy atom. The van der Waals surface area contributed by atoms with E-state index in [-0.39, 0.29) is 12.1 Å². The molecule has 0 aromatic carbocycles. The van der Waals surface area contributed by atoms with Gasteiger partial charge in [0.2, 0.25) is 0 Å². The Hall–Kier alpha value is -4.21. The average Bonchev–Trinajstić information content (AvgIpc) is 3.47. The molecule has 0 atom stereocenters. The lowest BCUT2D eigenvalue weighted by molar-refractivity contribution is 0.495. The number of imidazole rings is 1. The molecule has 0 spiro atoms. The summed E-state index contributed by atoms with van der Waals surface area (Å²) in [5, 5.41) is 0. The van der Waals surface area contributed by atoms with E-state index in [9.17, 15) is 14.4 Å². The Balaban J connectivity index is 1.68. The Labute approximate surface area is 193 Å². The molecule has 0 N–H and O–H groups in total. The minimum atomic E-state index is -0.483. The van der Waals surface area contributed by atoms with E-state index in [2.05, 4.69) is 9.97 Å². The lowest BCUT2D eigenvalue weighted by atomic mass is 10.3. The minimum absolute atomic E-state index is 0.120. The maximum Gasteiger partial charge on any atom is 0.333 e. The number of nitrogens with zero attached hydrogens (tertiary/aromatic N) is 6. The number of hydrogen-bond acceptors (Lipinski definition) is 6. The third-order valence-corrected chi connectivity index (χ3v) is 5.82. The van der Waals surface area contributed by atoms with Gasteiger partial charge in [-0.05, 0) is 43.2 Å². The highest BCUT2D eigenvalue weighted by Gasteiger charge is 2.19. The van der Waals surface area contributed by atoms with Gasteiger partial charge in [-0.25, -0.2) is 14.8 Å². The van der Waals surface area contributed by atoms with E-state index < -0.39 is 11.2 Å². The summed E-state index contributed by atoms with van der Waals surface area (Å²) in [6, 6.07) is 8.55. The lowest BCUT2D eigenvalue weighted by Gasteiger charge is -2.12. The SMILES string of the molecule is CCCCn1c(=O)n(Cc2cc(=O)n3ccc(C)cc3n2)c(=O)c2c1ncn2Cc1ccco1. The van der Waals surface area contributed by atoms with Gasteiger partial charge >= 0.3 is 5.69 Å². The van der Waals surface area contributed by atoms with Crippen LogP contribution in [0.25, 0.3) is 16.8 Å². The molecule has 174 valence electrons. The molecule has 5 rings (SSSR count). The minimum Gasteiger partial charge on any atom is -0.467 e. The van der Waals surface area contributed by atoms with Crippen LogP contribution in [0.15, 0.2) is 67.9 Å². The third-order valence-electron chi connectivity index (χ3n) is 5.82. The maximum absolute atomic E-state index is 13.5. The summed E-state index contributed by atoms with van der Waals surface area (Å²) in [6.07, 6.45) is 6.41. The highest BCUT2D eigenvalue weighted by Crippen LogP contribution is 2.12. The summed E-state index contributed by atoms with van der Waals surface area (Å²) in [5.41, 5.74) is 1.17. The molecular formula is C24H24N6O4. The number of furan rings is 1. The van der Waals surface area contributed by atoms with E-state index in [1.807, 2.05) is 26.0 Å². The van der Waals surface area contributed by atoms with E-state index in [0.717, 1.165) is 23.0 Å². The molecule has 5 aromatic heterocycles. The zero-order chi connectivity index (χ0) is 23.8. The van der Waals surface area contributed by atoms with Crippen molar-refractivity contribution in [3.8, 4) is 0 Å². The second-order valence-electron chi connectivity index (χ2n) is 8.32. The maximum atomic E-state index is 13.5. The number of aromatic nitrogens is 6. The van der Waals surface area contributed by atoms with Crippen molar-refractivity contribution in [2.75, 3.05) is 0 Å². The highest BCUT2D eigenvalue weighted by molar-refractivity contribution is 5.70. The van der Waals surface area contributed by atoms with Crippen LogP contribution in [-0.4, -0.2) is 28.1 Å². The molecular weight excluding hydrogens is 436 g/mol. The van der Waals surface area contributed by atoms with Crippen molar-refractivity contribution >= 4 is 16.8 Å². The summed E-state index contributed by atoms with van der Waals surface area (Å²) in [7, 11) is 0. The van der Waals surface area contributed by atoms with E-state index in [0.29, 0.717) is 41.4 Å². The monoisotopic (exact) mass is 460 g/mol. The summed E-state index contributed by atoms with van der Waals surface area (Å²) in [5.74, 6) is 0.663. The van der Waals surface area contributed by atoms with E-state index in [1.54, 1.807) is 35.5 Å². The van der Waals surface area contributed by atoms with Gasteiger partial charge in [0.05, 0.1) is 31.4 Å². The summed E-state index contributed by atoms with van der Waals surface area (Å²) in [6.45, 7) is 4.55. The van der Waals surface area contributed by atoms with Gasteiger partial charge < -0.3 is 8.98 Å². The molecule has 10 nitrogen and oxygen atoms in total. The number of rotatable bonds is 7. The first-order valence-electron chi connectivity index (χ1n) is 11.2. The van der Waals surface area contributed by atoms with E-state index in [4.69, 9.17) is 4.42 Å². The molecule has 0 saturated carbocycles. The standard InChI is InChI=1S/C24H24N6O4/c1-3-4-8-29-22-21(27(15-25-22)14-18-6-5-10-34-18)23(32)30(24(29)33)13-17-12-20(31)28-9-7-16(2)11-19(28)26-17/h5-7,9-12,15H,3-4,8,13-14H2,1-2H3. The van der Waals surface area contributed by atoms with Gasteiger partial charge in [0.25, 0.3) is 11.1 Å². The van der Waals surface area contributed by atoms with Gasteiger partial charge in [-0.1, -0.05) is 13.3 Å². The van der Waals surface area contributed by atoms with Crippen molar-refractivity contribution < 1.29 is 4.42 Å². The summed E-state index contributed by atoms with van der Waals surface area (Å²) in [4.78, 5) is 48.5. The average molecular weight is 460 g/mol. The molecule has 0 fully saturated rings. The van der Waals surface area contributed by atoms with E-state index in [1.165, 1.54) is 15.0 Å². The molecule has 5 heterocycles. The van der Waals surface area contributed by atoms with Crippen molar-refractivity contribution in [3.63, 3.8) is 0 Å². The molecule has 0 aliphatic rings. The summed E-state index contributed by atoms with van der Waals surface area (Å²) >= 11 is 0. The molecule has 0 radical (unpaired) electrons. The normalized spacial score (nSPS) is 11.6. The first kappa shape index (κ1) is 21.6. The largest absolute Gasteiger partial charge is 0.467 e. The molecule has 0 aliphatic heterocycles. The van der Waals surface area contributed by atoms with Gasteiger partial charge in [0, 0.05) is 18.8 Å². The molecule has 10 heteroatoms. The number of hydrogen-bond donors (Lipinski definition) is 0. The Morgan fingerprint density at radius 3 is 2.68 bits per heavy atom. The fraction of sp³-hybridized carbons (Fsp3) is 0.292. The third kappa shape index (κ3) is 3.76. The first-order chi connectivity index (χ1) is 16.5. The van der Waals surface area contributed by atoms with Crippen LogP contribution in [0.3, 0.4) is 0 Å². The highest BCUT2D eigenvalue weighted by atomic mass is 16.3. The second-order valence-corrected chi connectivity index (χ2v) is 8.32. The van der Waals surface area contributed by atoms with Gasteiger partial charge in [0.1, 0.15) is 11.4 Å². The zero-order valence-electron chi connectivity index (χ0n) is 19.0. The van der Waals surface area contributed by atoms with Crippen molar-refractivity contribution in [3.05, 3.63) is 97.3 Å². The molecule has 0 bridgehead atoms. The molecule has 0 aliphatic carbocycles. The van der Waals surface area contributed by atoms with Gasteiger partial charge in [0.15, 0.2) is 11.2 Å². The van der Waals surface area contributed by atoms with Crippen LogP contribution >= 0.6 is 0 Å². The molecule has 34 heavy (non-hydrogen) atoms. The van der Waals surface area contributed by atoms with Crippen LogP contribution in [0, 0.1) is 6.92 Å². The fourth-order valence-corrected chi connectivity index (χ4v) is 4.08. The van der Waals surface area contributed by atoms with E-state index >= 15 is 0 Å². The zero-order valence-corrected chi connectivity index (χ0v) is 19.0. The Kier molecular flexibility index (Phi) is 5.48. The van der Waals surface area contributed by atoms with Crippen LogP contribution in [0.4, 0.5) is 0 Å². The fourth-order valence-electron chi connectivity index (χ4n) is 4.08. The number of unbranched alkanes of at least 4 members (excludes halogenated alkanes) is 1. The van der Waals surface area contributed by atoms with Crippen molar-refractivity contribution in [1.82, 2.24) is 28.1 Å². The topological polar surface area (TPSA) is 109 Å². The van der Waals surface area contributed by atoms with Crippen LogP contribution in [0.2, 0.25) is 0 Å². The molecule has 0 unspecified atom stereocenters. The number of aryl methyl sites for hydroxylation is 2. The first-order valence-corrected chi connectivity index (χ1v) is 11.2. The summed E-state index contributed by atoms with van der Waals surface area (Å²) < 4.78 is 11.2. The van der Waals surface area contributed by atoms with Crippen LogP contribution in [0.1, 0.15) is 36.8 Å². The number of pyridine rings is 1. The second kappa shape index (κ2) is 8.62. The van der Waals surface area contributed by atoms with Crippen LogP contribution < -0.4 is 16.8 Å². The molecule has 0 amide bonds. The quantitative estimate of drug-likeness (QED) is 0.368. The van der Waals surface area contributed by atoms with Crippen LogP contribution in [-0.2, 0) is 19.6 Å². The predicted molar refractivity (Wildman–Crippen MR) is 126 cm³/mol. The van der Waals surface area contributed by atoms with Crippen molar-refractivity contribution in [2.45, 2.75) is 46.3 Å². The lowest BCUT2D eigenvalue weighted by Crippen LogP contribution is -2.41. The van der Waals surface area contributed by atoms with Gasteiger partial charge in [-0.2, -0.15) is 0 Å². The van der Waals surface area contributed by atoms with Gasteiger partial charge in [-0.3, -0.25) is 23.1 Å². The predicted octanol–water partition coefficient (Wildman–Crippen LogP) is 2.17. The van der Waals surface area contributed by atoms with Crippen molar-refractivity contribution in [2.24, 2.45) is 0 Å². The molecule has 5 aromatic rings.